The Balaban J connectivity index is 1.31. The number of carbonyl (C=O) groups is 4. The van der Waals surface area contributed by atoms with E-state index >= 15 is 0 Å². The van der Waals surface area contributed by atoms with Crippen molar-refractivity contribution in [2.24, 2.45) is 10.9 Å². The van der Waals surface area contributed by atoms with Gasteiger partial charge < -0.3 is 29.6 Å². The van der Waals surface area contributed by atoms with Crippen molar-refractivity contribution >= 4 is 29.6 Å². The molecular formula is C30H36N6O6. The maximum Gasteiger partial charge on any atom is 0.407 e. The van der Waals surface area contributed by atoms with Crippen LogP contribution in [-0.4, -0.2) is 88.7 Å². The molecule has 0 radical (unpaired) electrons. The Kier molecular flexibility index (Phi) is 10.0. The van der Waals surface area contributed by atoms with Crippen molar-refractivity contribution in [1.29, 1.82) is 0 Å². The third kappa shape index (κ3) is 7.19. The monoisotopic (exact) mass is 576 g/mol. The number of carbonyl (C=O) groups excluding carboxylic acids is 4. The van der Waals surface area contributed by atoms with Crippen LogP contribution in [0.5, 0.6) is 0 Å². The van der Waals surface area contributed by atoms with E-state index in [9.17, 15) is 19.2 Å². The maximum atomic E-state index is 13.0. The van der Waals surface area contributed by atoms with E-state index < -0.39 is 24.0 Å². The third-order valence-electron chi connectivity index (χ3n) is 7.62. The molecule has 1 aromatic heterocycles. The summed E-state index contributed by atoms with van der Waals surface area (Å²) in [5.41, 5.74) is 2.30. The molecule has 3 amide bonds. The van der Waals surface area contributed by atoms with Crippen molar-refractivity contribution in [2.75, 3.05) is 27.3 Å². The molecule has 0 aromatic carbocycles. The van der Waals surface area contributed by atoms with Crippen LogP contribution >= 0.6 is 0 Å². The fraction of sp³-hybridized carbons (Fsp3) is 0.533. The molecule has 3 aliphatic rings. The van der Waals surface area contributed by atoms with Crippen LogP contribution < -0.4 is 5.32 Å². The molecule has 0 saturated carbocycles. The van der Waals surface area contributed by atoms with Crippen LogP contribution in [0.3, 0.4) is 0 Å². The SMILES string of the molecule is COC(=O)C[C@@H](C)C(=O)N1CCC[C@H]1C1=NC=C(C#CC#Cc2cnc([C@@H]3CCCN3C(=O)[C@H](C)NC(=O)OC)[nH]2)C1. The van der Waals surface area contributed by atoms with Crippen molar-refractivity contribution < 1.29 is 28.7 Å². The summed E-state index contributed by atoms with van der Waals surface area (Å²) in [6, 6.07) is -1.04. The molecule has 2 fully saturated rings. The predicted octanol–water partition coefficient (Wildman–Crippen LogP) is 2.09. The second kappa shape index (κ2) is 13.9. The van der Waals surface area contributed by atoms with Crippen LogP contribution in [0.2, 0.25) is 0 Å². The summed E-state index contributed by atoms with van der Waals surface area (Å²) in [4.78, 5) is 64.6. The van der Waals surface area contributed by atoms with Crippen molar-refractivity contribution in [3.63, 3.8) is 0 Å². The number of imidazole rings is 1. The van der Waals surface area contributed by atoms with Crippen LogP contribution in [0, 0.1) is 29.6 Å². The number of aliphatic imine (C=N–C) groups is 1. The Morgan fingerprint density at radius 1 is 1.02 bits per heavy atom. The van der Waals surface area contributed by atoms with E-state index in [1.54, 1.807) is 31.1 Å². The maximum absolute atomic E-state index is 13.0. The zero-order valence-corrected chi connectivity index (χ0v) is 24.4. The zero-order valence-electron chi connectivity index (χ0n) is 24.4. The van der Waals surface area contributed by atoms with E-state index in [0.717, 1.165) is 37.0 Å². The quantitative estimate of drug-likeness (QED) is 0.373. The number of allylic oxidation sites excluding steroid dienone is 1. The summed E-state index contributed by atoms with van der Waals surface area (Å²) in [7, 11) is 2.57. The number of nitrogens with zero attached hydrogens (tertiary/aromatic N) is 4. The molecule has 4 rings (SSSR count). The largest absolute Gasteiger partial charge is 0.469 e. The average Bonchev–Trinajstić information content (AvgIpc) is 3.80. The van der Waals surface area contributed by atoms with Crippen molar-refractivity contribution in [3.8, 4) is 23.7 Å². The highest BCUT2D eigenvalue weighted by atomic mass is 16.5. The van der Waals surface area contributed by atoms with E-state index in [1.807, 2.05) is 4.90 Å². The van der Waals surface area contributed by atoms with E-state index in [4.69, 9.17) is 4.74 Å². The van der Waals surface area contributed by atoms with Crippen LogP contribution in [0.1, 0.15) is 69.9 Å². The molecule has 3 aliphatic heterocycles. The third-order valence-corrected chi connectivity index (χ3v) is 7.62. The van der Waals surface area contributed by atoms with Crippen LogP contribution in [0.4, 0.5) is 4.79 Å². The number of aromatic amines is 1. The summed E-state index contributed by atoms with van der Waals surface area (Å²) in [5.74, 6) is 11.2. The summed E-state index contributed by atoms with van der Waals surface area (Å²) < 4.78 is 9.29. The molecular weight excluding hydrogens is 540 g/mol. The summed E-state index contributed by atoms with van der Waals surface area (Å²) in [6.07, 6.45) is 6.58. The van der Waals surface area contributed by atoms with Gasteiger partial charge in [0.15, 0.2) is 0 Å². The molecule has 42 heavy (non-hydrogen) atoms. The Labute approximate surface area is 245 Å². The van der Waals surface area contributed by atoms with Gasteiger partial charge in [-0.2, -0.15) is 0 Å². The minimum Gasteiger partial charge on any atom is -0.469 e. The number of methoxy groups -OCH3 is 2. The van der Waals surface area contributed by atoms with Gasteiger partial charge in [-0.3, -0.25) is 19.4 Å². The van der Waals surface area contributed by atoms with E-state index in [2.05, 4.69) is 48.7 Å². The predicted molar refractivity (Wildman–Crippen MR) is 153 cm³/mol. The first-order valence-electron chi connectivity index (χ1n) is 14.1. The Hall–Kier alpha value is -4.58. The number of esters is 1. The lowest BCUT2D eigenvalue weighted by atomic mass is 10.0. The molecule has 0 bridgehead atoms. The van der Waals surface area contributed by atoms with Crippen molar-refractivity contribution in [1.82, 2.24) is 25.1 Å². The van der Waals surface area contributed by atoms with Gasteiger partial charge >= 0.3 is 12.1 Å². The van der Waals surface area contributed by atoms with Gasteiger partial charge in [-0.15, -0.1) is 0 Å². The number of nitrogens with one attached hydrogen (secondary N) is 2. The summed E-state index contributed by atoms with van der Waals surface area (Å²) in [6.45, 7) is 4.58. The highest BCUT2D eigenvalue weighted by molar-refractivity contribution is 5.98. The normalized spacial score (nSPS) is 20.8. The second-order valence-corrected chi connectivity index (χ2v) is 10.6. The minimum absolute atomic E-state index is 0.0568. The van der Waals surface area contributed by atoms with E-state index in [-0.39, 0.29) is 30.3 Å². The van der Waals surface area contributed by atoms with Gasteiger partial charge in [-0.1, -0.05) is 12.8 Å². The number of rotatable bonds is 7. The van der Waals surface area contributed by atoms with Gasteiger partial charge in [0.05, 0.1) is 38.9 Å². The van der Waals surface area contributed by atoms with Gasteiger partial charge in [0.1, 0.15) is 17.6 Å². The van der Waals surface area contributed by atoms with Crippen LogP contribution in [-0.2, 0) is 23.9 Å². The number of likely N-dealkylation sites (tertiary alicyclic amines) is 2. The van der Waals surface area contributed by atoms with Gasteiger partial charge in [0, 0.05) is 42.9 Å². The number of H-pyrrole nitrogens is 1. The smallest absolute Gasteiger partial charge is 0.407 e. The Morgan fingerprint density at radius 2 is 1.71 bits per heavy atom. The second-order valence-electron chi connectivity index (χ2n) is 10.6. The molecule has 0 spiro atoms. The highest BCUT2D eigenvalue weighted by Crippen LogP contribution is 2.31. The fourth-order valence-electron chi connectivity index (χ4n) is 5.45. The number of aromatic nitrogens is 2. The molecule has 12 heteroatoms. The van der Waals surface area contributed by atoms with Gasteiger partial charge in [0.25, 0.3) is 0 Å². The number of hydrogen-bond acceptors (Lipinski definition) is 8. The molecule has 12 nitrogen and oxygen atoms in total. The highest BCUT2D eigenvalue weighted by Gasteiger charge is 2.36. The molecule has 0 aliphatic carbocycles. The van der Waals surface area contributed by atoms with Crippen molar-refractivity contribution in [2.45, 2.75) is 70.5 Å². The number of alkyl carbamates (subject to hydrolysis) is 1. The van der Waals surface area contributed by atoms with Crippen LogP contribution in [0.15, 0.2) is 23.0 Å². The molecule has 222 valence electrons. The lowest BCUT2D eigenvalue weighted by molar-refractivity contribution is -0.146. The first kappa shape index (κ1) is 30.4. The number of amides is 3. The lowest BCUT2D eigenvalue weighted by Gasteiger charge is -2.27. The van der Waals surface area contributed by atoms with Crippen LogP contribution in [0.25, 0.3) is 0 Å². The van der Waals surface area contributed by atoms with Gasteiger partial charge in [0.2, 0.25) is 11.8 Å². The molecule has 4 heterocycles. The summed E-state index contributed by atoms with van der Waals surface area (Å²) in [5, 5.41) is 2.51. The van der Waals surface area contributed by atoms with E-state index in [0.29, 0.717) is 31.0 Å². The number of ether oxygens (including phenoxy) is 2. The topological polar surface area (TPSA) is 146 Å². The average molecular weight is 577 g/mol. The van der Waals surface area contributed by atoms with Gasteiger partial charge in [-0.05, 0) is 50.4 Å². The minimum atomic E-state index is -0.718. The first-order chi connectivity index (χ1) is 20.2. The number of hydrogen-bond donors (Lipinski definition) is 2. The standard InChI is InChI=1S/C30H36N6O6/c1-19(15-26(37)41-3)28(38)35-13-7-11-24(35)23-16-21(17-31-23)9-5-6-10-22-18-32-27(34-22)25-12-8-14-36(25)29(39)20(2)33-30(40)42-4/h17-20,24-25H,7-8,11-16H2,1-4H3,(H,32,34)(H,33,40)/t19-,20+,24+,25+/m1/s1. The lowest BCUT2D eigenvalue weighted by Crippen LogP contribution is -2.46. The van der Waals surface area contributed by atoms with E-state index in [1.165, 1.54) is 14.2 Å². The van der Waals surface area contributed by atoms with Gasteiger partial charge in [-0.25, -0.2) is 9.78 Å². The molecule has 0 unspecified atom stereocenters. The molecule has 2 saturated heterocycles. The molecule has 1 aromatic rings. The molecule has 2 N–H and O–H groups in total. The Morgan fingerprint density at radius 3 is 2.43 bits per heavy atom. The Bertz CT molecular complexity index is 1410. The first-order valence-corrected chi connectivity index (χ1v) is 14.1. The summed E-state index contributed by atoms with van der Waals surface area (Å²) >= 11 is 0. The fourth-order valence-corrected chi connectivity index (χ4v) is 5.45. The zero-order chi connectivity index (χ0) is 30.2. The molecule has 4 atom stereocenters. The van der Waals surface area contributed by atoms with Crippen molar-refractivity contribution in [3.05, 3.63) is 29.5 Å².